The minimum Gasteiger partial charge on any atom is -0.480 e. The molecule has 6 heteroatoms. The molecule has 19 heavy (non-hydrogen) atoms. The highest BCUT2D eigenvalue weighted by Gasteiger charge is 2.30. The van der Waals surface area contributed by atoms with Crippen molar-refractivity contribution in [3.05, 3.63) is 29.3 Å². The number of ether oxygens (including phenoxy) is 1. The highest BCUT2D eigenvalue weighted by molar-refractivity contribution is 6.30. The molecule has 1 aliphatic rings. The first kappa shape index (κ1) is 13.8. The zero-order valence-electron chi connectivity index (χ0n) is 10.2. The number of carboxylic acid groups (broad SMARTS) is 1. The van der Waals surface area contributed by atoms with E-state index >= 15 is 0 Å². The number of carbonyl (C=O) groups is 2. The van der Waals surface area contributed by atoms with Crippen LogP contribution in [0.2, 0.25) is 5.02 Å². The van der Waals surface area contributed by atoms with Gasteiger partial charge in [0.2, 0.25) is 0 Å². The first-order chi connectivity index (χ1) is 9.08. The first-order valence-corrected chi connectivity index (χ1v) is 6.36. The van der Waals surface area contributed by atoms with Gasteiger partial charge < -0.3 is 9.84 Å². The standard InChI is InChI=1S/C13H14ClNO4/c14-9-3-5-10(6-4-9)15(8-12(16)17)13(18)11-2-1-7-19-11/h3-6,11H,1-2,7-8H2,(H,16,17)/t11-/m1/s1. The molecular weight excluding hydrogens is 270 g/mol. The van der Waals surface area contributed by atoms with E-state index in [1.165, 1.54) is 4.90 Å². The van der Waals surface area contributed by atoms with E-state index in [4.69, 9.17) is 21.4 Å². The predicted molar refractivity (Wildman–Crippen MR) is 70.4 cm³/mol. The Morgan fingerprint density at radius 2 is 2.05 bits per heavy atom. The van der Waals surface area contributed by atoms with Crippen LogP contribution in [-0.4, -0.2) is 36.2 Å². The molecule has 0 unspecified atom stereocenters. The van der Waals surface area contributed by atoms with E-state index in [0.29, 0.717) is 23.7 Å². The maximum atomic E-state index is 12.3. The zero-order chi connectivity index (χ0) is 13.8. The molecule has 0 aromatic heterocycles. The lowest BCUT2D eigenvalue weighted by Gasteiger charge is -2.23. The Balaban J connectivity index is 2.21. The quantitative estimate of drug-likeness (QED) is 0.917. The van der Waals surface area contributed by atoms with Gasteiger partial charge in [-0.3, -0.25) is 14.5 Å². The van der Waals surface area contributed by atoms with Crippen LogP contribution in [0.4, 0.5) is 5.69 Å². The van der Waals surface area contributed by atoms with E-state index in [1.54, 1.807) is 24.3 Å². The lowest BCUT2D eigenvalue weighted by molar-refractivity contribution is -0.137. The number of anilines is 1. The maximum absolute atomic E-state index is 12.3. The van der Waals surface area contributed by atoms with Gasteiger partial charge in [-0.05, 0) is 37.1 Å². The van der Waals surface area contributed by atoms with E-state index in [0.717, 1.165) is 6.42 Å². The first-order valence-electron chi connectivity index (χ1n) is 5.98. The van der Waals surface area contributed by atoms with Crippen LogP contribution in [0.15, 0.2) is 24.3 Å². The fourth-order valence-electron chi connectivity index (χ4n) is 2.00. The van der Waals surface area contributed by atoms with Crippen molar-refractivity contribution in [2.45, 2.75) is 18.9 Å². The van der Waals surface area contributed by atoms with Crippen molar-refractivity contribution in [2.75, 3.05) is 18.1 Å². The molecule has 1 atom stereocenters. The van der Waals surface area contributed by atoms with Crippen molar-refractivity contribution in [3.63, 3.8) is 0 Å². The largest absolute Gasteiger partial charge is 0.480 e. The van der Waals surface area contributed by atoms with Crippen molar-refractivity contribution in [1.82, 2.24) is 0 Å². The average Bonchev–Trinajstić information content (AvgIpc) is 2.90. The molecule has 1 fully saturated rings. The topological polar surface area (TPSA) is 66.8 Å². The molecule has 1 N–H and O–H groups in total. The Morgan fingerprint density at radius 3 is 2.58 bits per heavy atom. The van der Waals surface area contributed by atoms with Crippen molar-refractivity contribution >= 4 is 29.2 Å². The minimum atomic E-state index is -1.07. The highest BCUT2D eigenvalue weighted by atomic mass is 35.5. The monoisotopic (exact) mass is 283 g/mol. The molecule has 1 aromatic carbocycles. The fraction of sp³-hybridized carbons (Fsp3) is 0.385. The summed E-state index contributed by atoms with van der Waals surface area (Å²) in [5, 5.41) is 9.46. The van der Waals surface area contributed by atoms with Gasteiger partial charge in [0.15, 0.2) is 0 Å². The molecule has 5 nitrogen and oxygen atoms in total. The van der Waals surface area contributed by atoms with Crippen LogP contribution < -0.4 is 4.90 Å². The summed E-state index contributed by atoms with van der Waals surface area (Å²) in [6.07, 6.45) is 0.899. The minimum absolute atomic E-state index is 0.317. The summed E-state index contributed by atoms with van der Waals surface area (Å²) in [6.45, 7) is 0.151. The van der Waals surface area contributed by atoms with Gasteiger partial charge in [-0.1, -0.05) is 11.6 Å². The lowest BCUT2D eigenvalue weighted by atomic mass is 10.2. The molecule has 0 saturated carbocycles. The van der Waals surface area contributed by atoms with Crippen molar-refractivity contribution < 1.29 is 19.4 Å². The van der Waals surface area contributed by atoms with Gasteiger partial charge in [-0.15, -0.1) is 0 Å². The number of halogens is 1. The van der Waals surface area contributed by atoms with Crippen molar-refractivity contribution in [2.24, 2.45) is 0 Å². The molecule has 1 heterocycles. The normalized spacial score (nSPS) is 18.3. The highest BCUT2D eigenvalue weighted by Crippen LogP contribution is 2.22. The van der Waals surface area contributed by atoms with Crippen LogP contribution in [0.5, 0.6) is 0 Å². The van der Waals surface area contributed by atoms with Crippen LogP contribution in [-0.2, 0) is 14.3 Å². The number of hydrogen-bond acceptors (Lipinski definition) is 3. The Kier molecular flexibility index (Phi) is 4.39. The third-order valence-electron chi connectivity index (χ3n) is 2.90. The molecule has 1 aliphatic heterocycles. The van der Waals surface area contributed by atoms with Gasteiger partial charge >= 0.3 is 5.97 Å². The Morgan fingerprint density at radius 1 is 1.37 bits per heavy atom. The summed E-state index contributed by atoms with van der Waals surface area (Å²) >= 11 is 5.78. The van der Waals surface area contributed by atoms with Gasteiger partial charge in [-0.25, -0.2) is 0 Å². The molecule has 102 valence electrons. The van der Waals surface area contributed by atoms with Gasteiger partial charge in [-0.2, -0.15) is 0 Å². The summed E-state index contributed by atoms with van der Waals surface area (Å²) in [5.74, 6) is -1.39. The number of amides is 1. The number of rotatable bonds is 4. The summed E-state index contributed by atoms with van der Waals surface area (Å²) in [6, 6.07) is 6.49. The summed E-state index contributed by atoms with van der Waals surface area (Å²) < 4.78 is 5.31. The van der Waals surface area contributed by atoms with Crippen LogP contribution in [0, 0.1) is 0 Å². The molecule has 1 amide bonds. The average molecular weight is 284 g/mol. The van der Waals surface area contributed by atoms with Crippen molar-refractivity contribution in [3.8, 4) is 0 Å². The number of hydrogen-bond donors (Lipinski definition) is 1. The summed E-state index contributed by atoms with van der Waals surface area (Å²) in [4.78, 5) is 24.4. The zero-order valence-corrected chi connectivity index (χ0v) is 11.0. The summed E-state index contributed by atoms with van der Waals surface area (Å²) in [7, 11) is 0. The van der Waals surface area contributed by atoms with Crippen molar-refractivity contribution in [1.29, 1.82) is 0 Å². The van der Waals surface area contributed by atoms with E-state index in [2.05, 4.69) is 0 Å². The fourth-order valence-corrected chi connectivity index (χ4v) is 2.12. The number of benzene rings is 1. The van der Waals surface area contributed by atoms with Crippen LogP contribution in [0.1, 0.15) is 12.8 Å². The van der Waals surface area contributed by atoms with E-state index in [-0.39, 0.29) is 12.5 Å². The molecule has 0 aliphatic carbocycles. The van der Waals surface area contributed by atoms with E-state index < -0.39 is 12.1 Å². The smallest absolute Gasteiger partial charge is 0.323 e. The molecule has 0 spiro atoms. The molecular formula is C13H14ClNO4. The molecule has 0 bridgehead atoms. The Hall–Kier alpha value is -1.59. The second kappa shape index (κ2) is 6.04. The molecule has 1 saturated heterocycles. The molecule has 1 aromatic rings. The summed E-state index contributed by atoms with van der Waals surface area (Å²) in [5.41, 5.74) is 0.507. The number of carbonyl (C=O) groups excluding carboxylic acids is 1. The predicted octanol–water partition coefficient (Wildman–Crippen LogP) is 1.94. The third-order valence-corrected chi connectivity index (χ3v) is 3.15. The van der Waals surface area contributed by atoms with Crippen LogP contribution in [0.3, 0.4) is 0 Å². The van der Waals surface area contributed by atoms with E-state index in [1.807, 2.05) is 0 Å². The maximum Gasteiger partial charge on any atom is 0.323 e. The van der Waals surface area contributed by atoms with Crippen LogP contribution >= 0.6 is 11.6 Å². The number of aliphatic carboxylic acids is 1. The molecule has 0 radical (unpaired) electrons. The Labute approximate surface area is 115 Å². The lowest BCUT2D eigenvalue weighted by Crippen LogP contribution is -2.42. The second-order valence-electron chi connectivity index (χ2n) is 4.30. The van der Waals surface area contributed by atoms with E-state index in [9.17, 15) is 9.59 Å². The second-order valence-corrected chi connectivity index (χ2v) is 4.73. The molecule has 2 rings (SSSR count). The third kappa shape index (κ3) is 3.45. The number of carboxylic acids is 1. The SMILES string of the molecule is O=C(O)CN(C(=O)[C@H]1CCCO1)c1ccc(Cl)cc1. The Bertz CT molecular complexity index is 468. The van der Waals surface area contributed by atoms with Gasteiger partial charge in [0.1, 0.15) is 12.6 Å². The van der Waals surface area contributed by atoms with Crippen LogP contribution in [0.25, 0.3) is 0 Å². The van der Waals surface area contributed by atoms with Gasteiger partial charge in [0.25, 0.3) is 5.91 Å². The van der Waals surface area contributed by atoms with Gasteiger partial charge in [0, 0.05) is 17.3 Å². The number of nitrogens with zero attached hydrogens (tertiary/aromatic N) is 1. The van der Waals surface area contributed by atoms with Gasteiger partial charge in [0.05, 0.1) is 0 Å².